The third-order valence-corrected chi connectivity index (χ3v) is 4.16. The highest BCUT2D eigenvalue weighted by Crippen LogP contribution is 2.30. The summed E-state index contributed by atoms with van der Waals surface area (Å²) in [5.41, 5.74) is 9.08. The van der Waals surface area contributed by atoms with E-state index in [-0.39, 0.29) is 0 Å². The van der Waals surface area contributed by atoms with E-state index in [2.05, 4.69) is 42.7 Å². The maximum absolute atomic E-state index is 5.95. The minimum Gasteiger partial charge on any atom is -0.398 e. The van der Waals surface area contributed by atoms with Gasteiger partial charge in [-0.1, -0.05) is 25.5 Å². The van der Waals surface area contributed by atoms with Crippen LogP contribution in [-0.4, -0.2) is 0 Å². The predicted octanol–water partition coefficient (Wildman–Crippen LogP) is 4.59. The van der Waals surface area contributed by atoms with Gasteiger partial charge < -0.3 is 11.1 Å². The quantitative estimate of drug-likeness (QED) is 0.771. The first-order valence-electron chi connectivity index (χ1n) is 6.37. The molecular formula is C15H20N2S. The summed E-state index contributed by atoms with van der Waals surface area (Å²) in [7, 11) is 0. The molecule has 96 valence electrons. The summed E-state index contributed by atoms with van der Waals surface area (Å²) in [5.74, 6) is 0. The molecule has 3 N–H and O–H groups in total. The fraction of sp³-hybridized carbons (Fsp3) is 0.333. The highest BCUT2D eigenvalue weighted by Gasteiger charge is 2.12. The summed E-state index contributed by atoms with van der Waals surface area (Å²) < 4.78 is 0. The lowest BCUT2D eigenvalue weighted by atomic mass is 10.1. The van der Waals surface area contributed by atoms with E-state index in [1.807, 2.05) is 12.1 Å². The van der Waals surface area contributed by atoms with Crippen LogP contribution in [0.15, 0.2) is 35.7 Å². The summed E-state index contributed by atoms with van der Waals surface area (Å²) in [5, 5.41) is 5.75. The van der Waals surface area contributed by atoms with E-state index in [9.17, 15) is 0 Å². The molecule has 18 heavy (non-hydrogen) atoms. The van der Waals surface area contributed by atoms with Crippen molar-refractivity contribution in [2.24, 2.45) is 0 Å². The second-order valence-electron chi connectivity index (χ2n) is 4.52. The molecule has 0 radical (unpaired) electrons. The van der Waals surface area contributed by atoms with Crippen molar-refractivity contribution in [3.63, 3.8) is 0 Å². The van der Waals surface area contributed by atoms with Crippen LogP contribution < -0.4 is 11.1 Å². The Kier molecular flexibility index (Phi) is 4.26. The van der Waals surface area contributed by atoms with Crippen molar-refractivity contribution >= 4 is 22.7 Å². The Labute approximate surface area is 113 Å². The number of thiophene rings is 1. The average Bonchev–Trinajstić information content (AvgIpc) is 2.88. The van der Waals surface area contributed by atoms with Crippen LogP contribution in [0.5, 0.6) is 0 Å². The van der Waals surface area contributed by atoms with Gasteiger partial charge in [0.05, 0.1) is 6.04 Å². The molecule has 0 saturated carbocycles. The van der Waals surface area contributed by atoms with Crippen LogP contribution in [-0.2, 0) is 0 Å². The standard InChI is InChI=1S/C15H20N2S/c1-3-6-14(15-9-5-10-18-15)17-13-8-4-7-12(16)11(13)2/h4-5,7-10,14,17H,3,6,16H2,1-2H3. The van der Waals surface area contributed by atoms with Crippen molar-refractivity contribution in [3.8, 4) is 0 Å². The van der Waals surface area contributed by atoms with E-state index in [1.54, 1.807) is 11.3 Å². The molecule has 1 unspecified atom stereocenters. The zero-order valence-electron chi connectivity index (χ0n) is 10.9. The van der Waals surface area contributed by atoms with E-state index in [4.69, 9.17) is 5.73 Å². The third kappa shape index (κ3) is 2.85. The van der Waals surface area contributed by atoms with E-state index in [0.717, 1.165) is 29.8 Å². The first-order valence-corrected chi connectivity index (χ1v) is 7.25. The first kappa shape index (κ1) is 13.0. The molecular weight excluding hydrogens is 240 g/mol. The maximum Gasteiger partial charge on any atom is 0.0606 e. The molecule has 0 bridgehead atoms. The molecule has 0 saturated heterocycles. The fourth-order valence-corrected chi connectivity index (χ4v) is 2.87. The topological polar surface area (TPSA) is 38.0 Å². The van der Waals surface area contributed by atoms with Gasteiger partial charge in [-0.3, -0.25) is 0 Å². The van der Waals surface area contributed by atoms with Gasteiger partial charge in [0.2, 0.25) is 0 Å². The number of anilines is 2. The average molecular weight is 260 g/mol. The van der Waals surface area contributed by atoms with Gasteiger partial charge in [0.1, 0.15) is 0 Å². The van der Waals surface area contributed by atoms with E-state index in [1.165, 1.54) is 4.88 Å². The molecule has 0 aliphatic rings. The lowest BCUT2D eigenvalue weighted by Gasteiger charge is -2.20. The van der Waals surface area contributed by atoms with E-state index >= 15 is 0 Å². The molecule has 1 aromatic carbocycles. The van der Waals surface area contributed by atoms with Crippen molar-refractivity contribution in [2.75, 3.05) is 11.1 Å². The number of benzene rings is 1. The highest BCUT2D eigenvalue weighted by molar-refractivity contribution is 7.10. The van der Waals surface area contributed by atoms with Crippen molar-refractivity contribution in [1.82, 2.24) is 0 Å². The highest BCUT2D eigenvalue weighted by atomic mass is 32.1. The molecule has 0 spiro atoms. The molecule has 0 aliphatic carbocycles. The van der Waals surface area contributed by atoms with Crippen molar-refractivity contribution < 1.29 is 0 Å². The summed E-state index contributed by atoms with van der Waals surface area (Å²) in [6, 6.07) is 10.7. The number of nitrogens with two attached hydrogens (primary N) is 1. The van der Waals surface area contributed by atoms with Gasteiger partial charge in [0.15, 0.2) is 0 Å². The second kappa shape index (κ2) is 5.91. The Morgan fingerprint density at radius 2 is 2.11 bits per heavy atom. The lowest BCUT2D eigenvalue weighted by Crippen LogP contribution is -2.10. The monoisotopic (exact) mass is 260 g/mol. The molecule has 2 aromatic rings. The number of rotatable bonds is 5. The molecule has 1 atom stereocenters. The number of nitrogen functional groups attached to an aromatic ring is 1. The first-order chi connectivity index (χ1) is 8.72. The Balaban J connectivity index is 2.21. The number of hydrogen-bond donors (Lipinski definition) is 2. The van der Waals surface area contributed by atoms with Gasteiger partial charge >= 0.3 is 0 Å². The Bertz CT molecular complexity index is 491. The molecule has 3 heteroatoms. The van der Waals surface area contributed by atoms with Crippen molar-refractivity contribution in [3.05, 3.63) is 46.2 Å². The van der Waals surface area contributed by atoms with Crippen LogP contribution in [0, 0.1) is 6.92 Å². The van der Waals surface area contributed by atoms with Gasteiger partial charge in [0, 0.05) is 16.3 Å². The maximum atomic E-state index is 5.95. The zero-order valence-corrected chi connectivity index (χ0v) is 11.8. The second-order valence-corrected chi connectivity index (χ2v) is 5.50. The van der Waals surface area contributed by atoms with Crippen molar-refractivity contribution in [2.45, 2.75) is 32.7 Å². The predicted molar refractivity (Wildman–Crippen MR) is 81.2 cm³/mol. The van der Waals surface area contributed by atoms with Gasteiger partial charge in [-0.2, -0.15) is 0 Å². The smallest absolute Gasteiger partial charge is 0.0606 e. The fourth-order valence-electron chi connectivity index (χ4n) is 2.06. The SMILES string of the molecule is CCCC(Nc1cccc(N)c1C)c1cccs1. The van der Waals surface area contributed by atoms with Gasteiger partial charge in [-0.05, 0) is 42.5 Å². The molecule has 2 rings (SSSR count). The molecule has 0 amide bonds. The van der Waals surface area contributed by atoms with Gasteiger partial charge in [-0.25, -0.2) is 0 Å². The van der Waals surface area contributed by atoms with Crippen LogP contribution >= 0.6 is 11.3 Å². The molecule has 1 aromatic heterocycles. The Hall–Kier alpha value is -1.48. The van der Waals surface area contributed by atoms with Crippen molar-refractivity contribution in [1.29, 1.82) is 0 Å². The number of hydrogen-bond acceptors (Lipinski definition) is 3. The van der Waals surface area contributed by atoms with Gasteiger partial charge in [0.25, 0.3) is 0 Å². The number of nitrogens with one attached hydrogen (secondary N) is 1. The van der Waals surface area contributed by atoms with Crippen LogP contribution in [0.1, 0.15) is 36.2 Å². The van der Waals surface area contributed by atoms with E-state index < -0.39 is 0 Å². The van der Waals surface area contributed by atoms with Crippen LogP contribution in [0.2, 0.25) is 0 Å². The minimum absolute atomic E-state index is 0.385. The van der Waals surface area contributed by atoms with Crippen LogP contribution in [0.4, 0.5) is 11.4 Å². The summed E-state index contributed by atoms with van der Waals surface area (Å²) in [4.78, 5) is 1.39. The van der Waals surface area contributed by atoms with Gasteiger partial charge in [-0.15, -0.1) is 11.3 Å². The largest absolute Gasteiger partial charge is 0.398 e. The molecule has 1 heterocycles. The molecule has 2 nitrogen and oxygen atoms in total. The lowest BCUT2D eigenvalue weighted by molar-refractivity contribution is 0.687. The zero-order chi connectivity index (χ0) is 13.0. The molecule has 0 aliphatic heterocycles. The van der Waals surface area contributed by atoms with E-state index in [0.29, 0.717) is 6.04 Å². The van der Waals surface area contributed by atoms with Crippen LogP contribution in [0.25, 0.3) is 0 Å². The minimum atomic E-state index is 0.385. The third-order valence-electron chi connectivity index (χ3n) is 3.17. The summed E-state index contributed by atoms with van der Waals surface area (Å²) in [6.07, 6.45) is 2.30. The normalized spacial score (nSPS) is 12.3. The summed E-state index contributed by atoms with van der Waals surface area (Å²) in [6.45, 7) is 4.28. The molecule has 0 fully saturated rings. The van der Waals surface area contributed by atoms with Crippen LogP contribution in [0.3, 0.4) is 0 Å². The Morgan fingerprint density at radius 3 is 2.78 bits per heavy atom. The Morgan fingerprint density at radius 1 is 1.28 bits per heavy atom. The summed E-state index contributed by atoms with van der Waals surface area (Å²) >= 11 is 1.81.